The van der Waals surface area contributed by atoms with Crippen LogP contribution in [-0.4, -0.2) is 28.6 Å². The summed E-state index contributed by atoms with van der Waals surface area (Å²) in [5, 5.41) is 0.754. The molecule has 6 heteroatoms. The molecule has 2 heterocycles. The molecule has 0 aliphatic carbocycles. The number of benzene rings is 1. The van der Waals surface area contributed by atoms with E-state index in [1.165, 1.54) is 11.5 Å². The van der Waals surface area contributed by atoms with Crippen LogP contribution in [-0.2, 0) is 13.0 Å². The van der Waals surface area contributed by atoms with E-state index in [0.29, 0.717) is 0 Å². The first-order valence-electron chi connectivity index (χ1n) is 8.32. The van der Waals surface area contributed by atoms with Crippen molar-refractivity contribution in [2.45, 2.75) is 33.7 Å². The highest BCUT2D eigenvalue weighted by Gasteiger charge is 2.30. The van der Waals surface area contributed by atoms with Gasteiger partial charge in [0.25, 0.3) is 0 Å². The minimum Gasteiger partial charge on any atom is -0.303 e. The molecule has 0 unspecified atom stereocenters. The lowest BCUT2D eigenvalue weighted by Crippen LogP contribution is -2.19. The molecule has 25 heavy (non-hydrogen) atoms. The maximum Gasteiger partial charge on any atom is 0.209 e. The lowest BCUT2D eigenvalue weighted by molar-refractivity contribution is 0.356. The molecular weight excluding hydrogens is 369 g/mol. The third kappa shape index (κ3) is 4.36. The molecule has 2 aromatic rings. The van der Waals surface area contributed by atoms with Crippen molar-refractivity contribution in [3.05, 3.63) is 44.7 Å². The van der Waals surface area contributed by atoms with Gasteiger partial charge in [0, 0.05) is 29.5 Å². The molecule has 0 radical (unpaired) electrons. The Bertz CT molecular complexity index is 960. The molecule has 1 aromatic heterocycles. The van der Waals surface area contributed by atoms with Gasteiger partial charge in [-0.05, 0) is 48.9 Å². The zero-order valence-electron chi connectivity index (χ0n) is 15.5. The fraction of sp³-hybridized carbons (Fsp3) is 0.421. The fourth-order valence-electron chi connectivity index (χ4n) is 2.89. The van der Waals surface area contributed by atoms with Crippen molar-refractivity contribution in [1.82, 2.24) is 8.94 Å². The Balaban J connectivity index is 2.05. The molecule has 0 saturated carbocycles. The van der Waals surface area contributed by atoms with Crippen LogP contribution in [0.5, 0.6) is 0 Å². The van der Waals surface area contributed by atoms with Crippen LogP contribution < -0.4 is 4.80 Å². The van der Waals surface area contributed by atoms with Crippen LogP contribution in [0.4, 0.5) is 5.69 Å². The molecule has 0 saturated heterocycles. The average Bonchev–Trinajstić information content (AvgIpc) is 2.95. The Kier molecular flexibility index (Phi) is 4.91. The SMILES string of the molecule is C=P(C)(C)C=Cc1cc(N=c2snc3n2CC(C)(C)C3)c(C)cc1Cl. The Morgan fingerprint density at radius 3 is 2.80 bits per heavy atom. The first kappa shape index (κ1) is 18.7. The van der Waals surface area contributed by atoms with E-state index in [0.717, 1.165) is 45.4 Å². The van der Waals surface area contributed by atoms with Crippen molar-refractivity contribution in [1.29, 1.82) is 0 Å². The minimum absolute atomic E-state index is 0.257. The summed E-state index contributed by atoms with van der Waals surface area (Å²) in [6, 6.07) is 4.06. The van der Waals surface area contributed by atoms with Crippen molar-refractivity contribution in [2.24, 2.45) is 10.4 Å². The van der Waals surface area contributed by atoms with E-state index in [9.17, 15) is 0 Å². The molecule has 0 atom stereocenters. The van der Waals surface area contributed by atoms with Gasteiger partial charge in [-0.15, -0.1) is 0 Å². The summed E-state index contributed by atoms with van der Waals surface area (Å²) in [7, 11) is 0. The van der Waals surface area contributed by atoms with Crippen LogP contribution in [0.15, 0.2) is 22.9 Å². The number of nitrogens with zero attached hydrogens (tertiary/aromatic N) is 3. The molecule has 1 aliphatic heterocycles. The predicted octanol–water partition coefficient (Wildman–Crippen LogP) is 5.40. The molecule has 0 amide bonds. The standard InChI is InChI=1S/C19H25ClN3PS/c1-13-9-15(20)14(7-8-24(4,5)6)10-16(13)21-18-23-12-19(2,3)11-17(23)22-25-18/h7-10H,4,11-12H2,1-3,5-6H3. The average molecular weight is 394 g/mol. The highest BCUT2D eigenvalue weighted by Crippen LogP contribution is 2.39. The van der Waals surface area contributed by atoms with Gasteiger partial charge in [-0.25, -0.2) is 4.99 Å². The zero-order valence-corrected chi connectivity index (χ0v) is 18.0. The first-order chi connectivity index (χ1) is 11.5. The van der Waals surface area contributed by atoms with Gasteiger partial charge >= 0.3 is 0 Å². The minimum atomic E-state index is -1.24. The van der Waals surface area contributed by atoms with Crippen molar-refractivity contribution in [2.75, 3.05) is 13.3 Å². The maximum atomic E-state index is 6.43. The molecule has 3 nitrogen and oxygen atoms in total. The second-order valence-corrected chi connectivity index (χ2v) is 13.2. The summed E-state index contributed by atoms with van der Waals surface area (Å²) in [6.07, 6.45) is 7.30. The second-order valence-electron chi connectivity index (χ2n) is 8.17. The monoisotopic (exact) mass is 393 g/mol. The number of aryl methyl sites for hydroxylation is 1. The summed E-state index contributed by atoms with van der Waals surface area (Å²) < 4.78 is 6.84. The van der Waals surface area contributed by atoms with E-state index in [4.69, 9.17) is 16.6 Å². The van der Waals surface area contributed by atoms with Gasteiger partial charge in [-0.3, -0.25) is 0 Å². The topological polar surface area (TPSA) is 30.2 Å². The van der Waals surface area contributed by atoms with Crippen molar-refractivity contribution in [3.8, 4) is 0 Å². The molecule has 0 fully saturated rings. The molecule has 134 valence electrons. The lowest BCUT2D eigenvalue weighted by atomic mass is 9.92. The van der Waals surface area contributed by atoms with Gasteiger partial charge in [0.15, 0.2) is 0 Å². The number of fused-ring (bicyclic) bond motifs is 1. The molecular formula is C19H25ClN3PS. The second kappa shape index (κ2) is 6.57. The van der Waals surface area contributed by atoms with Crippen molar-refractivity contribution < 1.29 is 0 Å². The maximum absolute atomic E-state index is 6.43. The van der Waals surface area contributed by atoms with E-state index in [1.807, 2.05) is 13.0 Å². The van der Waals surface area contributed by atoms with Crippen LogP contribution in [0, 0.1) is 12.3 Å². The van der Waals surface area contributed by atoms with Gasteiger partial charge in [-0.1, -0.05) is 50.5 Å². The predicted molar refractivity (Wildman–Crippen MR) is 114 cm³/mol. The smallest absolute Gasteiger partial charge is 0.209 e. The van der Waals surface area contributed by atoms with Gasteiger partial charge in [0.05, 0.1) is 5.69 Å². The number of aromatic nitrogens is 2. The summed E-state index contributed by atoms with van der Waals surface area (Å²) in [5.74, 6) is 3.32. The van der Waals surface area contributed by atoms with Crippen molar-refractivity contribution >= 4 is 48.1 Å². The van der Waals surface area contributed by atoms with Crippen molar-refractivity contribution in [3.63, 3.8) is 0 Å². The van der Waals surface area contributed by atoms with Crippen LogP contribution in [0.1, 0.15) is 30.8 Å². The normalized spacial score (nSPS) is 17.4. The summed E-state index contributed by atoms with van der Waals surface area (Å²) in [4.78, 5) is 5.87. The highest BCUT2D eigenvalue weighted by atomic mass is 35.5. The molecule has 1 aliphatic rings. The van der Waals surface area contributed by atoms with Gasteiger partial charge in [0.2, 0.25) is 4.80 Å². The number of hydrogen-bond donors (Lipinski definition) is 0. The van der Waals surface area contributed by atoms with E-state index < -0.39 is 6.89 Å². The van der Waals surface area contributed by atoms with E-state index in [1.54, 1.807) is 0 Å². The third-order valence-electron chi connectivity index (χ3n) is 4.19. The van der Waals surface area contributed by atoms with E-state index >= 15 is 0 Å². The van der Waals surface area contributed by atoms with Crippen LogP contribution >= 0.6 is 30.0 Å². The summed E-state index contributed by atoms with van der Waals surface area (Å²) >= 11 is 7.90. The lowest BCUT2D eigenvalue weighted by Gasteiger charge is -2.14. The van der Waals surface area contributed by atoms with E-state index in [2.05, 4.69) is 60.4 Å². The Morgan fingerprint density at radius 1 is 1.40 bits per heavy atom. The summed E-state index contributed by atoms with van der Waals surface area (Å²) in [5.41, 5.74) is 3.28. The highest BCUT2D eigenvalue weighted by molar-refractivity contribution is 7.75. The number of halogens is 1. The first-order valence-corrected chi connectivity index (χ1v) is 12.4. The third-order valence-corrected chi connectivity index (χ3v) is 6.25. The Morgan fingerprint density at radius 2 is 2.12 bits per heavy atom. The van der Waals surface area contributed by atoms with E-state index in [-0.39, 0.29) is 5.41 Å². The molecule has 0 bridgehead atoms. The molecule has 3 rings (SSSR count). The van der Waals surface area contributed by atoms with Crippen LogP contribution in [0.3, 0.4) is 0 Å². The van der Waals surface area contributed by atoms with Gasteiger partial charge in [-0.2, -0.15) is 4.37 Å². The number of rotatable bonds is 3. The zero-order chi connectivity index (χ0) is 18.4. The van der Waals surface area contributed by atoms with Crippen LogP contribution in [0.2, 0.25) is 5.02 Å². The Labute approximate surface area is 159 Å². The summed E-state index contributed by atoms with van der Waals surface area (Å²) in [6.45, 7) is 10.7. The van der Waals surface area contributed by atoms with Gasteiger partial charge < -0.3 is 4.57 Å². The molecule has 1 aromatic carbocycles. The quantitative estimate of drug-likeness (QED) is 0.642. The molecule has 0 spiro atoms. The molecule has 0 N–H and O–H groups in total. The fourth-order valence-corrected chi connectivity index (χ4v) is 4.50. The Hall–Kier alpha value is -1.09. The largest absolute Gasteiger partial charge is 0.303 e. The van der Waals surface area contributed by atoms with Crippen LogP contribution in [0.25, 0.3) is 6.08 Å². The van der Waals surface area contributed by atoms with Gasteiger partial charge in [0.1, 0.15) is 5.82 Å². The number of hydrogen-bond acceptors (Lipinski definition) is 3.